The summed E-state index contributed by atoms with van der Waals surface area (Å²) >= 11 is 4.93. The van der Waals surface area contributed by atoms with E-state index in [-0.39, 0.29) is 0 Å². The van der Waals surface area contributed by atoms with Crippen molar-refractivity contribution in [3.63, 3.8) is 0 Å². The Morgan fingerprint density at radius 2 is 2.33 bits per heavy atom. The number of unbranched alkanes of at least 4 members (excludes halogenated alkanes) is 1. The van der Waals surface area contributed by atoms with Crippen molar-refractivity contribution in [2.45, 2.75) is 26.2 Å². The molecule has 1 aromatic carbocycles. The van der Waals surface area contributed by atoms with Crippen molar-refractivity contribution in [1.29, 1.82) is 5.26 Å². The Kier molecular flexibility index (Phi) is 6.84. The lowest BCUT2D eigenvalue weighted by molar-refractivity contribution is 0.795. The van der Waals surface area contributed by atoms with Crippen molar-refractivity contribution < 1.29 is 0 Å². The van der Waals surface area contributed by atoms with Crippen molar-refractivity contribution in [2.24, 2.45) is 4.99 Å². The van der Waals surface area contributed by atoms with Gasteiger partial charge in [0.2, 0.25) is 0 Å². The van der Waals surface area contributed by atoms with E-state index < -0.39 is 0 Å². The molecule has 1 N–H and O–H groups in total. The van der Waals surface area contributed by atoms with Crippen LogP contribution in [-0.2, 0) is 6.42 Å². The molecule has 0 atom stereocenters. The minimum atomic E-state index is 0.597. The van der Waals surface area contributed by atoms with Gasteiger partial charge in [-0.25, -0.2) is 4.99 Å². The number of nitriles is 1. The van der Waals surface area contributed by atoms with E-state index in [9.17, 15) is 0 Å². The Morgan fingerprint density at radius 1 is 1.56 bits per heavy atom. The Labute approximate surface area is 121 Å². The number of aliphatic imine (C=N–C) groups is 1. The molecule has 0 spiro atoms. The quantitative estimate of drug-likeness (QED) is 0.390. The normalized spacial score (nSPS) is 11.1. The molecule has 0 saturated carbocycles. The zero-order chi connectivity index (χ0) is 13.4. The fraction of sp³-hybridized carbons (Fsp3) is 0.385. The SMILES string of the molecule is CCCCc1ccc(N=C(NC#N)SC)c(Br)c1. The predicted molar refractivity (Wildman–Crippen MR) is 82.1 cm³/mol. The lowest BCUT2D eigenvalue weighted by Gasteiger charge is -2.05. The second-order valence-electron chi connectivity index (χ2n) is 3.75. The van der Waals surface area contributed by atoms with Gasteiger partial charge in [-0.3, -0.25) is 5.32 Å². The highest BCUT2D eigenvalue weighted by atomic mass is 79.9. The van der Waals surface area contributed by atoms with Crippen LogP contribution in [0.5, 0.6) is 0 Å². The van der Waals surface area contributed by atoms with Gasteiger partial charge in [0.1, 0.15) is 0 Å². The zero-order valence-corrected chi connectivity index (χ0v) is 12.9. The first-order chi connectivity index (χ1) is 8.71. The number of nitrogens with zero attached hydrogens (tertiary/aromatic N) is 2. The average Bonchev–Trinajstić information content (AvgIpc) is 2.38. The van der Waals surface area contributed by atoms with Crippen LogP contribution in [0.25, 0.3) is 0 Å². The van der Waals surface area contributed by atoms with Crippen LogP contribution in [0.1, 0.15) is 25.3 Å². The molecule has 1 aromatic rings. The third-order valence-corrected chi connectivity index (χ3v) is 3.62. The van der Waals surface area contributed by atoms with Crippen LogP contribution in [0.15, 0.2) is 27.7 Å². The second-order valence-corrected chi connectivity index (χ2v) is 5.40. The summed E-state index contributed by atoms with van der Waals surface area (Å²) in [4.78, 5) is 4.39. The van der Waals surface area contributed by atoms with Crippen molar-refractivity contribution in [2.75, 3.05) is 6.26 Å². The molecule has 0 fully saturated rings. The highest BCUT2D eigenvalue weighted by molar-refractivity contribution is 9.10. The molecule has 5 heteroatoms. The second kappa shape index (κ2) is 8.17. The van der Waals surface area contributed by atoms with Gasteiger partial charge in [-0.05, 0) is 52.7 Å². The largest absolute Gasteiger partial charge is 0.271 e. The highest BCUT2D eigenvalue weighted by Crippen LogP contribution is 2.27. The number of amidine groups is 1. The zero-order valence-electron chi connectivity index (χ0n) is 10.5. The van der Waals surface area contributed by atoms with E-state index >= 15 is 0 Å². The highest BCUT2D eigenvalue weighted by Gasteiger charge is 2.02. The summed E-state index contributed by atoms with van der Waals surface area (Å²) in [5.74, 6) is 0. The average molecular weight is 326 g/mol. The third-order valence-electron chi connectivity index (χ3n) is 2.41. The summed E-state index contributed by atoms with van der Waals surface area (Å²) in [5.41, 5.74) is 2.14. The molecule has 1 rings (SSSR count). The van der Waals surface area contributed by atoms with E-state index in [1.54, 1.807) is 0 Å². The van der Waals surface area contributed by atoms with Crippen molar-refractivity contribution in [3.05, 3.63) is 28.2 Å². The standard InChI is InChI=1S/C13H16BrN3S/c1-3-4-5-10-6-7-12(11(14)8-10)17-13(18-2)16-9-15/h6-8H,3-5H2,1-2H3,(H,16,17). The summed E-state index contributed by atoms with van der Waals surface area (Å²) < 4.78 is 0.961. The van der Waals surface area contributed by atoms with Crippen LogP contribution >= 0.6 is 27.7 Å². The molecule has 0 heterocycles. The van der Waals surface area contributed by atoms with Crippen LogP contribution in [0.2, 0.25) is 0 Å². The van der Waals surface area contributed by atoms with Gasteiger partial charge in [0, 0.05) is 4.47 Å². The van der Waals surface area contributed by atoms with Crippen LogP contribution < -0.4 is 5.32 Å². The molecule has 0 aromatic heterocycles. The van der Waals surface area contributed by atoms with Gasteiger partial charge >= 0.3 is 0 Å². The number of nitrogens with one attached hydrogen (secondary N) is 1. The molecular formula is C13H16BrN3S. The maximum Gasteiger partial charge on any atom is 0.183 e. The maximum absolute atomic E-state index is 8.59. The van der Waals surface area contributed by atoms with Crippen molar-refractivity contribution in [3.8, 4) is 6.19 Å². The monoisotopic (exact) mass is 325 g/mol. The first-order valence-corrected chi connectivity index (χ1v) is 7.79. The fourth-order valence-electron chi connectivity index (χ4n) is 1.46. The first-order valence-electron chi connectivity index (χ1n) is 5.77. The smallest absolute Gasteiger partial charge is 0.183 e. The van der Waals surface area contributed by atoms with Crippen LogP contribution in [0.4, 0.5) is 5.69 Å². The maximum atomic E-state index is 8.59. The number of benzene rings is 1. The third kappa shape index (κ3) is 4.71. The minimum absolute atomic E-state index is 0.597. The summed E-state index contributed by atoms with van der Waals surface area (Å²) in [6.45, 7) is 2.19. The van der Waals surface area contributed by atoms with Gasteiger partial charge in [0.15, 0.2) is 11.4 Å². The van der Waals surface area contributed by atoms with Gasteiger partial charge in [0.05, 0.1) is 5.69 Å². The minimum Gasteiger partial charge on any atom is -0.271 e. The van der Waals surface area contributed by atoms with E-state index in [0.717, 1.165) is 16.6 Å². The molecule has 0 bridgehead atoms. The molecule has 0 aliphatic heterocycles. The lowest BCUT2D eigenvalue weighted by Crippen LogP contribution is -2.12. The number of rotatable bonds is 4. The molecular weight excluding hydrogens is 310 g/mol. The topological polar surface area (TPSA) is 48.2 Å². The van der Waals surface area contributed by atoms with Gasteiger partial charge in [0.25, 0.3) is 0 Å². The summed E-state index contributed by atoms with van der Waals surface area (Å²) in [6.07, 6.45) is 7.24. The van der Waals surface area contributed by atoms with E-state index in [2.05, 4.69) is 45.3 Å². The fourth-order valence-corrected chi connectivity index (χ4v) is 2.31. The molecule has 0 aliphatic rings. The van der Waals surface area contributed by atoms with Crippen LogP contribution in [0, 0.1) is 11.5 Å². The molecule has 96 valence electrons. The molecule has 3 nitrogen and oxygen atoms in total. The van der Waals surface area contributed by atoms with E-state index in [0.29, 0.717) is 5.17 Å². The van der Waals surface area contributed by atoms with E-state index in [4.69, 9.17) is 5.26 Å². The number of aryl methyl sites for hydroxylation is 1. The summed E-state index contributed by atoms with van der Waals surface area (Å²) in [5, 5.41) is 11.7. The van der Waals surface area contributed by atoms with E-state index in [1.165, 1.54) is 30.2 Å². The van der Waals surface area contributed by atoms with Crippen LogP contribution in [-0.4, -0.2) is 11.4 Å². The van der Waals surface area contributed by atoms with Crippen LogP contribution in [0.3, 0.4) is 0 Å². The molecule has 0 aliphatic carbocycles. The number of hydrogen-bond acceptors (Lipinski definition) is 3. The molecule has 18 heavy (non-hydrogen) atoms. The Hall–Kier alpha value is -0.990. The molecule has 0 saturated heterocycles. The number of halogens is 1. The van der Waals surface area contributed by atoms with Gasteiger partial charge < -0.3 is 0 Å². The number of thioether (sulfide) groups is 1. The molecule has 0 radical (unpaired) electrons. The molecule has 0 amide bonds. The van der Waals surface area contributed by atoms with Crippen molar-refractivity contribution >= 4 is 38.5 Å². The van der Waals surface area contributed by atoms with E-state index in [1.807, 2.05) is 18.5 Å². The Balaban J connectivity index is 2.88. The van der Waals surface area contributed by atoms with Gasteiger partial charge in [-0.1, -0.05) is 31.2 Å². The Morgan fingerprint density at radius 3 is 2.89 bits per heavy atom. The van der Waals surface area contributed by atoms with Crippen molar-refractivity contribution in [1.82, 2.24) is 5.32 Å². The summed E-state index contributed by atoms with van der Waals surface area (Å²) in [6, 6.07) is 6.16. The van der Waals surface area contributed by atoms with Gasteiger partial charge in [-0.15, -0.1) is 0 Å². The Bertz CT molecular complexity index is 466. The lowest BCUT2D eigenvalue weighted by atomic mass is 10.1. The predicted octanol–water partition coefficient (Wildman–Crippen LogP) is 4.21. The van der Waals surface area contributed by atoms with Gasteiger partial charge in [-0.2, -0.15) is 5.26 Å². The molecule has 0 unspecified atom stereocenters. The first kappa shape index (κ1) is 15.1. The summed E-state index contributed by atoms with van der Waals surface area (Å²) in [7, 11) is 0. The number of hydrogen-bond donors (Lipinski definition) is 1.